The minimum absolute atomic E-state index is 0.0135. The molecule has 3 aromatic carbocycles. The van der Waals surface area contributed by atoms with Crippen molar-refractivity contribution in [1.82, 2.24) is 5.32 Å². The lowest BCUT2D eigenvalue weighted by atomic mass is 10.0. The fourth-order valence-corrected chi connectivity index (χ4v) is 2.80. The number of halogens is 1. The molecule has 0 aliphatic carbocycles. The second-order valence-corrected chi connectivity index (χ2v) is 6.14. The standard InChI is InChI=1S/C22H21FN2O/c1-16(17-8-4-2-5-9-17)24-21(18-10-6-3-7-11-18)22(26)25-20-14-12-19(23)13-15-20/h2-16,21,24H,1H3,(H,25,26)/t16-,21-/m0/s1. The Morgan fingerprint density at radius 1 is 0.808 bits per heavy atom. The van der Waals surface area contributed by atoms with E-state index in [9.17, 15) is 9.18 Å². The van der Waals surface area contributed by atoms with Crippen LogP contribution in [0.4, 0.5) is 10.1 Å². The molecular weight excluding hydrogens is 327 g/mol. The Labute approximate surface area is 152 Å². The Kier molecular flexibility index (Phi) is 5.77. The molecule has 2 atom stereocenters. The Morgan fingerprint density at radius 2 is 1.35 bits per heavy atom. The molecule has 0 aromatic heterocycles. The van der Waals surface area contributed by atoms with Gasteiger partial charge >= 0.3 is 0 Å². The van der Waals surface area contributed by atoms with Gasteiger partial charge < -0.3 is 5.32 Å². The molecule has 0 spiro atoms. The van der Waals surface area contributed by atoms with Crippen LogP contribution < -0.4 is 10.6 Å². The normalized spacial score (nSPS) is 13.0. The number of anilines is 1. The van der Waals surface area contributed by atoms with Crippen LogP contribution in [-0.2, 0) is 4.79 Å². The second kappa shape index (κ2) is 8.41. The predicted octanol–water partition coefficient (Wildman–Crippen LogP) is 4.86. The molecule has 1 amide bonds. The lowest BCUT2D eigenvalue weighted by molar-refractivity contribution is -0.118. The van der Waals surface area contributed by atoms with Gasteiger partial charge in [-0.05, 0) is 42.3 Å². The summed E-state index contributed by atoms with van der Waals surface area (Å²) in [5.41, 5.74) is 2.53. The first kappa shape index (κ1) is 17.8. The van der Waals surface area contributed by atoms with Crippen molar-refractivity contribution in [3.8, 4) is 0 Å². The molecule has 132 valence electrons. The van der Waals surface area contributed by atoms with Crippen LogP contribution in [0, 0.1) is 5.82 Å². The van der Waals surface area contributed by atoms with E-state index in [1.807, 2.05) is 67.6 Å². The number of amides is 1. The van der Waals surface area contributed by atoms with Crippen LogP contribution in [0.3, 0.4) is 0 Å². The van der Waals surface area contributed by atoms with Gasteiger partial charge in [-0.1, -0.05) is 60.7 Å². The fourth-order valence-electron chi connectivity index (χ4n) is 2.80. The summed E-state index contributed by atoms with van der Waals surface area (Å²) in [4.78, 5) is 12.9. The van der Waals surface area contributed by atoms with Crippen molar-refractivity contribution in [2.45, 2.75) is 19.0 Å². The fraction of sp³-hybridized carbons (Fsp3) is 0.136. The highest BCUT2D eigenvalue weighted by Crippen LogP contribution is 2.21. The minimum atomic E-state index is -0.531. The Hall–Kier alpha value is -2.98. The van der Waals surface area contributed by atoms with Crippen LogP contribution in [0.15, 0.2) is 84.9 Å². The number of carbonyl (C=O) groups excluding carboxylic acids is 1. The first-order valence-electron chi connectivity index (χ1n) is 8.56. The second-order valence-electron chi connectivity index (χ2n) is 6.14. The van der Waals surface area contributed by atoms with Gasteiger partial charge in [-0.3, -0.25) is 10.1 Å². The third-order valence-electron chi connectivity index (χ3n) is 4.22. The first-order valence-corrected chi connectivity index (χ1v) is 8.56. The van der Waals surface area contributed by atoms with Crippen LogP contribution in [0.25, 0.3) is 0 Å². The van der Waals surface area contributed by atoms with Crippen LogP contribution in [0.2, 0.25) is 0 Å². The van der Waals surface area contributed by atoms with Gasteiger partial charge in [0.2, 0.25) is 5.91 Å². The highest BCUT2D eigenvalue weighted by molar-refractivity contribution is 5.95. The number of nitrogens with one attached hydrogen (secondary N) is 2. The molecule has 26 heavy (non-hydrogen) atoms. The van der Waals surface area contributed by atoms with Crippen molar-refractivity contribution in [3.05, 3.63) is 102 Å². The molecule has 4 heteroatoms. The van der Waals surface area contributed by atoms with E-state index in [1.54, 1.807) is 12.1 Å². The molecule has 0 aliphatic heterocycles. The van der Waals surface area contributed by atoms with E-state index in [0.717, 1.165) is 11.1 Å². The van der Waals surface area contributed by atoms with E-state index in [2.05, 4.69) is 10.6 Å². The average molecular weight is 348 g/mol. The number of carbonyl (C=O) groups is 1. The summed E-state index contributed by atoms with van der Waals surface area (Å²) in [6, 6.07) is 24.7. The number of hydrogen-bond acceptors (Lipinski definition) is 2. The van der Waals surface area contributed by atoms with Crippen LogP contribution in [0.1, 0.15) is 30.1 Å². The molecule has 0 saturated carbocycles. The van der Waals surface area contributed by atoms with Crippen molar-refractivity contribution in [3.63, 3.8) is 0 Å². The molecule has 0 aliphatic rings. The van der Waals surface area contributed by atoms with Crippen LogP contribution in [-0.4, -0.2) is 5.91 Å². The maximum atomic E-state index is 13.1. The van der Waals surface area contributed by atoms with E-state index in [0.29, 0.717) is 5.69 Å². The van der Waals surface area contributed by atoms with Gasteiger partial charge in [-0.25, -0.2) is 4.39 Å². The average Bonchev–Trinajstić information content (AvgIpc) is 2.69. The van der Waals surface area contributed by atoms with Gasteiger partial charge in [-0.15, -0.1) is 0 Å². The highest BCUT2D eigenvalue weighted by atomic mass is 19.1. The quantitative estimate of drug-likeness (QED) is 0.668. The summed E-state index contributed by atoms with van der Waals surface area (Å²) in [7, 11) is 0. The molecule has 3 aromatic rings. The molecule has 0 bridgehead atoms. The summed E-state index contributed by atoms with van der Waals surface area (Å²) in [5.74, 6) is -0.524. The van der Waals surface area contributed by atoms with Gasteiger partial charge in [0, 0.05) is 11.7 Å². The molecule has 0 unspecified atom stereocenters. The molecular formula is C22H21FN2O. The molecule has 0 heterocycles. The van der Waals surface area contributed by atoms with Crippen molar-refractivity contribution in [1.29, 1.82) is 0 Å². The van der Waals surface area contributed by atoms with Gasteiger partial charge in [0.05, 0.1) is 0 Å². The topological polar surface area (TPSA) is 41.1 Å². The Morgan fingerprint density at radius 3 is 1.92 bits per heavy atom. The molecule has 0 radical (unpaired) electrons. The van der Waals surface area contributed by atoms with E-state index >= 15 is 0 Å². The van der Waals surface area contributed by atoms with Crippen molar-refractivity contribution >= 4 is 11.6 Å². The molecule has 3 nitrogen and oxygen atoms in total. The van der Waals surface area contributed by atoms with Gasteiger partial charge in [0.25, 0.3) is 0 Å². The van der Waals surface area contributed by atoms with E-state index in [-0.39, 0.29) is 17.8 Å². The zero-order valence-corrected chi connectivity index (χ0v) is 14.5. The highest BCUT2D eigenvalue weighted by Gasteiger charge is 2.23. The van der Waals surface area contributed by atoms with E-state index in [1.165, 1.54) is 12.1 Å². The lowest BCUT2D eigenvalue weighted by Gasteiger charge is -2.23. The van der Waals surface area contributed by atoms with Crippen molar-refractivity contribution < 1.29 is 9.18 Å². The number of rotatable bonds is 6. The zero-order chi connectivity index (χ0) is 18.4. The predicted molar refractivity (Wildman–Crippen MR) is 102 cm³/mol. The SMILES string of the molecule is C[C@H](N[C@H](C(=O)Nc1ccc(F)cc1)c1ccccc1)c1ccccc1. The number of benzene rings is 3. The molecule has 0 saturated heterocycles. The largest absolute Gasteiger partial charge is 0.324 e. The van der Waals surface area contributed by atoms with Gasteiger partial charge in [-0.2, -0.15) is 0 Å². The zero-order valence-electron chi connectivity index (χ0n) is 14.5. The summed E-state index contributed by atoms with van der Waals surface area (Å²) >= 11 is 0. The summed E-state index contributed by atoms with van der Waals surface area (Å²) in [6.07, 6.45) is 0. The van der Waals surface area contributed by atoms with E-state index < -0.39 is 6.04 Å². The summed E-state index contributed by atoms with van der Waals surface area (Å²) in [6.45, 7) is 2.02. The van der Waals surface area contributed by atoms with E-state index in [4.69, 9.17) is 0 Å². The lowest BCUT2D eigenvalue weighted by Crippen LogP contribution is -2.34. The summed E-state index contributed by atoms with van der Waals surface area (Å²) in [5, 5.41) is 6.25. The third kappa shape index (κ3) is 4.55. The van der Waals surface area contributed by atoms with Crippen LogP contribution >= 0.6 is 0 Å². The Balaban J connectivity index is 1.81. The molecule has 3 rings (SSSR count). The third-order valence-corrected chi connectivity index (χ3v) is 4.22. The maximum Gasteiger partial charge on any atom is 0.246 e. The van der Waals surface area contributed by atoms with Crippen molar-refractivity contribution in [2.24, 2.45) is 0 Å². The van der Waals surface area contributed by atoms with Gasteiger partial charge in [0.15, 0.2) is 0 Å². The minimum Gasteiger partial charge on any atom is -0.324 e. The molecule has 0 fully saturated rings. The number of hydrogen-bond donors (Lipinski definition) is 2. The van der Waals surface area contributed by atoms with Crippen LogP contribution in [0.5, 0.6) is 0 Å². The maximum absolute atomic E-state index is 13.1. The smallest absolute Gasteiger partial charge is 0.246 e. The van der Waals surface area contributed by atoms with Crippen molar-refractivity contribution in [2.75, 3.05) is 5.32 Å². The molecule has 2 N–H and O–H groups in total. The monoisotopic (exact) mass is 348 g/mol. The Bertz CT molecular complexity index is 835. The summed E-state index contributed by atoms with van der Waals surface area (Å²) < 4.78 is 13.1. The first-order chi connectivity index (χ1) is 12.6. The van der Waals surface area contributed by atoms with Gasteiger partial charge in [0.1, 0.15) is 11.9 Å².